The summed E-state index contributed by atoms with van der Waals surface area (Å²) in [6.45, 7) is 2.06. The minimum atomic E-state index is -0.967. The highest BCUT2D eigenvalue weighted by Gasteiger charge is 2.04. The lowest BCUT2D eigenvalue weighted by Crippen LogP contribution is -2.03. The van der Waals surface area contributed by atoms with Gasteiger partial charge in [-0.2, -0.15) is 11.8 Å². The number of pyridine rings is 1. The van der Waals surface area contributed by atoms with Crippen LogP contribution < -0.4 is 0 Å². The number of carboxylic acid groups (broad SMARTS) is 1. The molecule has 4 nitrogen and oxygen atoms in total. The molecule has 0 fully saturated rings. The van der Waals surface area contributed by atoms with Crippen LogP contribution in [0.1, 0.15) is 23.0 Å². The predicted molar refractivity (Wildman–Crippen MR) is 59.0 cm³/mol. The number of hydrogen-bond donors (Lipinski definition) is 2. The van der Waals surface area contributed by atoms with Crippen LogP contribution in [0, 0.1) is 0 Å². The Morgan fingerprint density at radius 2 is 2.33 bits per heavy atom. The summed E-state index contributed by atoms with van der Waals surface area (Å²) in [5, 5.41) is 17.6. The first kappa shape index (κ1) is 12.0. The fourth-order valence-electron chi connectivity index (χ4n) is 0.917. The van der Waals surface area contributed by atoms with Gasteiger partial charge in [0.05, 0.1) is 17.9 Å². The first-order chi connectivity index (χ1) is 7.13. The molecule has 1 heterocycles. The van der Waals surface area contributed by atoms with Crippen molar-refractivity contribution in [3.63, 3.8) is 0 Å². The summed E-state index contributed by atoms with van der Waals surface area (Å²) in [6, 6.07) is 3.23. The smallest absolute Gasteiger partial charge is 0.337 e. The maximum absolute atomic E-state index is 10.5. The Morgan fingerprint density at radius 3 is 2.80 bits per heavy atom. The van der Waals surface area contributed by atoms with Gasteiger partial charge in [0, 0.05) is 17.2 Å². The third-order valence-corrected chi connectivity index (χ3v) is 3.03. The van der Waals surface area contributed by atoms with Crippen molar-refractivity contribution in [2.75, 3.05) is 6.61 Å². The van der Waals surface area contributed by atoms with Gasteiger partial charge in [0.2, 0.25) is 0 Å². The second-order valence-corrected chi connectivity index (χ2v) is 4.57. The third-order valence-electron chi connectivity index (χ3n) is 1.84. The van der Waals surface area contributed by atoms with Crippen LogP contribution in [0.15, 0.2) is 18.3 Å². The van der Waals surface area contributed by atoms with Crippen molar-refractivity contribution < 1.29 is 15.0 Å². The number of aliphatic hydroxyl groups is 1. The lowest BCUT2D eigenvalue weighted by Gasteiger charge is -2.06. The van der Waals surface area contributed by atoms with E-state index in [2.05, 4.69) is 4.98 Å². The van der Waals surface area contributed by atoms with E-state index in [4.69, 9.17) is 10.2 Å². The van der Waals surface area contributed by atoms with Crippen LogP contribution >= 0.6 is 11.8 Å². The van der Waals surface area contributed by atoms with E-state index in [9.17, 15) is 4.79 Å². The molecule has 0 saturated carbocycles. The number of aromatic nitrogens is 1. The fraction of sp³-hybridized carbons (Fsp3) is 0.400. The molecule has 1 unspecified atom stereocenters. The van der Waals surface area contributed by atoms with Crippen molar-refractivity contribution in [3.8, 4) is 0 Å². The summed E-state index contributed by atoms with van der Waals surface area (Å²) in [5.74, 6) is -0.285. The molecule has 0 bridgehead atoms. The Morgan fingerprint density at radius 1 is 1.60 bits per heavy atom. The van der Waals surface area contributed by atoms with Gasteiger partial charge in [-0.1, -0.05) is 6.92 Å². The van der Waals surface area contributed by atoms with Gasteiger partial charge in [0.1, 0.15) is 0 Å². The van der Waals surface area contributed by atoms with E-state index in [1.807, 2.05) is 6.92 Å². The van der Waals surface area contributed by atoms with Crippen molar-refractivity contribution in [3.05, 3.63) is 29.6 Å². The number of carboxylic acids is 1. The highest BCUT2D eigenvalue weighted by molar-refractivity contribution is 7.99. The van der Waals surface area contributed by atoms with Crippen LogP contribution in [0.4, 0.5) is 0 Å². The highest BCUT2D eigenvalue weighted by Crippen LogP contribution is 2.15. The topological polar surface area (TPSA) is 70.4 Å². The number of hydrogen-bond acceptors (Lipinski definition) is 4. The molecule has 0 saturated heterocycles. The lowest BCUT2D eigenvalue weighted by molar-refractivity contribution is 0.0696. The van der Waals surface area contributed by atoms with Crippen molar-refractivity contribution in [2.24, 2.45) is 0 Å². The summed E-state index contributed by atoms with van der Waals surface area (Å²) in [5.41, 5.74) is 1.02. The van der Waals surface area contributed by atoms with Gasteiger partial charge < -0.3 is 10.2 Å². The molecule has 1 atom stereocenters. The lowest BCUT2D eigenvalue weighted by atomic mass is 10.2. The number of thioether (sulfide) groups is 1. The van der Waals surface area contributed by atoms with Crippen LogP contribution in [0.2, 0.25) is 0 Å². The van der Waals surface area contributed by atoms with Crippen LogP contribution in [0.25, 0.3) is 0 Å². The molecule has 0 aliphatic heterocycles. The van der Waals surface area contributed by atoms with E-state index in [1.54, 1.807) is 17.8 Å². The zero-order valence-corrected chi connectivity index (χ0v) is 9.20. The first-order valence-electron chi connectivity index (χ1n) is 4.54. The predicted octanol–water partition coefficient (Wildman–Crippen LogP) is 1.39. The van der Waals surface area contributed by atoms with Gasteiger partial charge in [-0.05, 0) is 12.1 Å². The van der Waals surface area contributed by atoms with E-state index >= 15 is 0 Å². The number of aromatic carboxylic acids is 1. The SMILES string of the molecule is CC(CO)SCc1ccc(C(=O)O)cn1. The quantitative estimate of drug-likeness (QED) is 0.795. The highest BCUT2D eigenvalue weighted by atomic mass is 32.2. The van der Waals surface area contributed by atoms with E-state index in [1.165, 1.54) is 12.3 Å². The standard InChI is InChI=1S/C10H13NO3S/c1-7(5-12)15-6-9-3-2-8(4-11-9)10(13)14/h2-4,7,12H,5-6H2,1H3,(H,13,14). The van der Waals surface area contributed by atoms with Crippen molar-refractivity contribution in [1.29, 1.82) is 0 Å². The summed E-state index contributed by atoms with van der Waals surface area (Å²) in [7, 11) is 0. The molecular formula is C10H13NO3S. The van der Waals surface area contributed by atoms with E-state index in [-0.39, 0.29) is 17.4 Å². The van der Waals surface area contributed by atoms with Gasteiger partial charge in [-0.25, -0.2) is 4.79 Å². The number of nitrogens with zero attached hydrogens (tertiary/aromatic N) is 1. The molecule has 1 aromatic heterocycles. The third kappa shape index (κ3) is 3.89. The Bertz CT molecular complexity index is 326. The normalized spacial score (nSPS) is 12.4. The Labute approximate surface area is 92.3 Å². The molecule has 0 spiro atoms. The average molecular weight is 227 g/mol. The van der Waals surface area contributed by atoms with Gasteiger partial charge >= 0.3 is 5.97 Å². The van der Waals surface area contributed by atoms with Gasteiger partial charge in [0.25, 0.3) is 0 Å². The van der Waals surface area contributed by atoms with Crippen molar-refractivity contribution in [1.82, 2.24) is 4.98 Å². The van der Waals surface area contributed by atoms with Gasteiger partial charge in [-0.15, -0.1) is 0 Å². The Hall–Kier alpha value is -1.07. The molecule has 0 aliphatic carbocycles. The van der Waals surface area contributed by atoms with Crippen LogP contribution in [0.3, 0.4) is 0 Å². The van der Waals surface area contributed by atoms with E-state index < -0.39 is 5.97 Å². The minimum absolute atomic E-state index is 0.137. The Balaban J connectivity index is 2.53. The summed E-state index contributed by atoms with van der Waals surface area (Å²) in [6.07, 6.45) is 1.35. The summed E-state index contributed by atoms with van der Waals surface area (Å²) < 4.78 is 0. The molecule has 0 aromatic carbocycles. The second kappa shape index (κ2) is 5.72. The minimum Gasteiger partial charge on any atom is -0.478 e. The van der Waals surface area contributed by atoms with Crippen LogP contribution in [-0.2, 0) is 5.75 Å². The number of rotatable bonds is 5. The number of aliphatic hydroxyl groups excluding tert-OH is 1. The van der Waals surface area contributed by atoms with Gasteiger partial charge in [-0.3, -0.25) is 4.98 Å². The van der Waals surface area contributed by atoms with Gasteiger partial charge in [0.15, 0.2) is 0 Å². The maximum Gasteiger partial charge on any atom is 0.337 e. The molecule has 5 heteroatoms. The van der Waals surface area contributed by atoms with E-state index in [0.29, 0.717) is 5.75 Å². The van der Waals surface area contributed by atoms with Crippen molar-refractivity contribution in [2.45, 2.75) is 17.9 Å². The monoisotopic (exact) mass is 227 g/mol. The molecule has 2 N–H and O–H groups in total. The molecule has 0 radical (unpaired) electrons. The molecular weight excluding hydrogens is 214 g/mol. The van der Waals surface area contributed by atoms with E-state index in [0.717, 1.165) is 5.69 Å². The zero-order valence-electron chi connectivity index (χ0n) is 8.38. The van der Waals surface area contributed by atoms with Crippen molar-refractivity contribution >= 4 is 17.7 Å². The fourth-order valence-corrected chi connectivity index (χ4v) is 1.65. The first-order valence-corrected chi connectivity index (χ1v) is 5.59. The summed E-state index contributed by atoms with van der Waals surface area (Å²) in [4.78, 5) is 14.6. The van der Waals surface area contributed by atoms with Crippen LogP contribution in [-0.4, -0.2) is 33.0 Å². The zero-order chi connectivity index (χ0) is 11.3. The Kier molecular flexibility index (Phi) is 4.58. The molecule has 1 rings (SSSR count). The maximum atomic E-state index is 10.5. The molecule has 15 heavy (non-hydrogen) atoms. The molecule has 1 aromatic rings. The number of carbonyl (C=O) groups is 1. The average Bonchev–Trinajstić information content (AvgIpc) is 2.26. The van der Waals surface area contributed by atoms with Crippen LogP contribution in [0.5, 0.6) is 0 Å². The summed E-state index contributed by atoms with van der Waals surface area (Å²) >= 11 is 1.58. The molecule has 0 amide bonds. The second-order valence-electron chi connectivity index (χ2n) is 3.15. The molecule has 82 valence electrons. The molecule has 0 aliphatic rings. The largest absolute Gasteiger partial charge is 0.478 e.